The largest absolute Gasteiger partial charge is 0.491 e. The summed E-state index contributed by atoms with van der Waals surface area (Å²) in [5.41, 5.74) is 1.31. The maximum atomic E-state index is 12.1. The summed E-state index contributed by atoms with van der Waals surface area (Å²) in [6.07, 6.45) is 1.42. The molecule has 0 aliphatic heterocycles. The minimum Gasteiger partial charge on any atom is -0.491 e. The normalized spacial score (nSPS) is 10.7. The molecule has 1 aromatic heterocycles. The molecule has 0 bridgehead atoms. The monoisotopic (exact) mass is 362 g/mol. The molecule has 25 heavy (non-hydrogen) atoms. The van der Waals surface area contributed by atoms with E-state index in [1.165, 1.54) is 11.3 Å². The average molecular weight is 362 g/mol. The molecular weight excluding hydrogens is 340 g/mol. The molecule has 0 radical (unpaired) electrons. The molecule has 0 aliphatic rings. The van der Waals surface area contributed by atoms with Gasteiger partial charge in [-0.1, -0.05) is 0 Å². The van der Waals surface area contributed by atoms with Gasteiger partial charge in [0, 0.05) is 23.9 Å². The number of aliphatic carboxylic acids is 1. The summed E-state index contributed by atoms with van der Waals surface area (Å²) in [5, 5.41) is 13.8. The van der Waals surface area contributed by atoms with Crippen molar-refractivity contribution < 1.29 is 19.4 Å². The van der Waals surface area contributed by atoms with Crippen LogP contribution in [0.15, 0.2) is 29.6 Å². The predicted octanol–water partition coefficient (Wildman–Crippen LogP) is 3.58. The predicted molar refractivity (Wildman–Crippen MR) is 97.1 cm³/mol. The Labute approximate surface area is 150 Å². The number of carboxylic acid groups (broad SMARTS) is 1. The van der Waals surface area contributed by atoms with Crippen LogP contribution in [0.5, 0.6) is 5.75 Å². The van der Waals surface area contributed by atoms with E-state index in [1.807, 2.05) is 38.1 Å². The fourth-order valence-corrected chi connectivity index (χ4v) is 2.96. The fourth-order valence-electron chi connectivity index (χ4n) is 2.15. The third-order valence-corrected chi connectivity index (χ3v) is 4.20. The molecule has 0 unspecified atom stereocenters. The lowest BCUT2D eigenvalue weighted by atomic mass is 10.2. The van der Waals surface area contributed by atoms with Gasteiger partial charge >= 0.3 is 5.97 Å². The lowest BCUT2D eigenvalue weighted by Crippen LogP contribution is -2.24. The number of amides is 1. The molecule has 6 nitrogen and oxygen atoms in total. The highest BCUT2D eigenvalue weighted by atomic mass is 32.1. The van der Waals surface area contributed by atoms with Gasteiger partial charge in [0.15, 0.2) is 0 Å². The van der Waals surface area contributed by atoms with E-state index in [0.29, 0.717) is 25.1 Å². The van der Waals surface area contributed by atoms with Gasteiger partial charge < -0.3 is 15.2 Å². The molecule has 0 saturated heterocycles. The number of ether oxygens (including phenoxy) is 1. The van der Waals surface area contributed by atoms with Crippen molar-refractivity contribution in [3.63, 3.8) is 0 Å². The first kappa shape index (κ1) is 18.9. The fraction of sp³-hybridized carbons (Fsp3) is 0.389. The number of carbonyl (C=O) groups is 2. The lowest BCUT2D eigenvalue weighted by Gasteiger charge is -2.09. The highest BCUT2D eigenvalue weighted by molar-refractivity contribution is 7.13. The third kappa shape index (κ3) is 6.19. The van der Waals surface area contributed by atoms with Crippen LogP contribution < -0.4 is 10.1 Å². The zero-order valence-corrected chi connectivity index (χ0v) is 15.1. The first-order valence-corrected chi connectivity index (χ1v) is 9.06. The summed E-state index contributed by atoms with van der Waals surface area (Å²) in [5.74, 6) is -0.257. The van der Waals surface area contributed by atoms with Gasteiger partial charge in [0.05, 0.1) is 6.10 Å². The second-order valence-electron chi connectivity index (χ2n) is 5.84. The molecule has 2 aromatic rings. The van der Waals surface area contributed by atoms with Crippen LogP contribution in [0.25, 0.3) is 10.6 Å². The SMILES string of the molecule is CC(C)Oc1ccc(-c2nc(C(=O)NCCCCC(=O)O)cs2)cc1. The number of nitrogens with zero attached hydrogens (tertiary/aromatic N) is 1. The van der Waals surface area contributed by atoms with E-state index in [9.17, 15) is 9.59 Å². The number of unbranched alkanes of at least 4 members (excludes halogenated alkanes) is 1. The van der Waals surface area contributed by atoms with Crippen LogP contribution in [0.3, 0.4) is 0 Å². The highest BCUT2D eigenvalue weighted by Crippen LogP contribution is 2.26. The van der Waals surface area contributed by atoms with E-state index in [1.54, 1.807) is 5.38 Å². The number of carbonyl (C=O) groups excluding carboxylic acids is 1. The number of hydrogen-bond donors (Lipinski definition) is 2. The van der Waals surface area contributed by atoms with Gasteiger partial charge in [0.25, 0.3) is 5.91 Å². The molecule has 0 saturated carbocycles. The average Bonchev–Trinajstić information content (AvgIpc) is 3.04. The summed E-state index contributed by atoms with van der Waals surface area (Å²) in [4.78, 5) is 26.9. The Morgan fingerprint density at radius 2 is 1.96 bits per heavy atom. The quantitative estimate of drug-likeness (QED) is 0.666. The maximum Gasteiger partial charge on any atom is 0.303 e. The number of benzene rings is 1. The first-order valence-electron chi connectivity index (χ1n) is 8.18. The van der Waals surface area contributed by atoms with Crippen molar-refractivity contribution in [2.24, 2.45) is 0 Å². The van der Waals surface area contributed by atoms with Crippen molar-refractivity contribution >= 4 is 23.2 Å². The first-order chi connectivity index (χ1) is 12.0. The molecule has 0 aliphatic carbocycles. The standard InChI is InChI=1S/C18H22N2O4S/c1-12(2)24-14-8-6-13(7-9-14)18-20-15(11-25-18)17(23)19-10-4-3-5-16(21)22/h6-9,11-12H,3-5,10H2,1-2H3,(H,19,23)(H,21,22). The van der Waals surface area contributed by atoms with Gasteiger partial charge in [-0.25, -0.2) is 4.98 Å². The molecular formula is C18H22N2O4S. The summed E-state index contributed by atoms with van der Waals surface area (Å²) in [7, 11) is 0. The van der Waals surface area contributed by atoms with Crippen molar-refractivity contribution in [2.75, 3.05) is 6.54 Å². The molecule has 0 fully saturated rings. The number of carboxylic acids is 1. The molecule has 1 amide bonds. The molecule has 7 heteroatoms. The van der Waals surface area contributed by atoms with Gasteiger partial charge in [-0.15, -0.1) is 11.3 Å². The van der Waals surface area contributed by atoms with Gasteiger partial charge in [0.2, 0.25) is 0 Å². The van der Waals surface area contributed by atoms with Crippen molar-refractivity contribution in [2.45, 2.75) is 39.2 Å². The summed E-state index contributed by atoms with van der Waals surface area (Å²) in [6.45, 7) is 4.39. The Morgan fingerprint density at radius 3 is 2.60 bits per heavy atom. The Kier molecular flexibility index (Phi) is 6.94. The van der Waals surface area contributed by atoms with Crippen molar-refractivity contribution in [1.29, 1.82) is 0 Å². The van der Waals surface area contributed by atoms with E-state index in [4.69, 9.17) is 9.84 Å². The molecule has 134 valence electrons. The minimum absolute atomic E-state index is 0.118. The van der Waals surface area contributed by atoms with Crippen molar-refractivity contribution in [3.8, 4) is 16.3 Å². The second-order valence-corrected chi connectivity index (χ2v) is 6.69. The molecule has 1 aromatic carbocycles. The van der Waals surface area contributed by atoms with Crippen LogP contribution in [-0.4, -0.2) is 34.6 Å². The van der Waals surface area contributed by atoms with Gasteiger partial charge in [0.1, 0.15) is 16.5 Å². The van der Waals surface area contributed by atoms with Crippen LogP contribution >= 0.6 is 11.3 Å². The van der Waals surface area contributed by atoms with E-state index >= 15 is 0 Å². The molecule has 1 heterocycles. The van der Waals surface area contributed by atoms with Crippen LogP contribution in [0.1, 0.15) is 43.6 Å². The smallest absolute Gasteiger partial charge is 0.303 e. The summed E-state index contributed by atoms with van der Waals surface area (Å²) >= 11 is 1.41. The molecule has 2 rings (SSSR count). The van der Waals surface area contributed by atoms with E-state index < -0.39 is 5.97 Å². The number of nitrogens with one attached hydrogen (secondary N) is 1. The number of rotatable bonds is 9. The topological polar surface area (TPSA) is 88.5 Å². The molecule has 2 N–H and O–H groups in total. The van der Waals surface area contributed by atoms with Crippen molar-refractivity contribution in [1.82, 2.24) is 10.3 Å². The Hall–Kier alpha value is -2.41. The number of hydrogen-bond acceptors (Lipinski definition) is 5. The summed E-state index contributed by atoms with van der Waals surface area (Å²) in [6, 6.07) is 7.62. The van der Waals surface area contributed by atoms with E-state index in [2.05, 4.69) is 10.3 Å². The lowest BCUT2D eigenvalue weighted by molar-refractivity contribution is -0.137. The second kappa shape index (κ2) is 9.17. The van der Waals surface area contributed by atoms with Crippen LogP contribution in [0.4, 0.5) is 0 Å². The number of thiazole rings is 1. The van der Waals surface area contributed by atoms with E-state index in [-0.39, 0.29) is 18.4 Å². The van der Waals surface area contributed by atoms with E-state index in [0.717, 1.165) is 16.3 Å². The Bertz CT molecular complexity index is 710. The zero-order chi connectivity index (χ0) is 18.2. The highest BCUT2D eigenvalue weighted by Gasteiger charge is 2.11. The van der Waals surface area contributed by atoms with Crippen LogP contribution in [0.2, 0.25) is 0 Å². The Morgan fingerprint density at radius 1 is 1.24 bits per heavy atom. The summed E-state index contributed by atoms with van der Waals surface area (Å²) < 4.78 is 5.61. The third-order valence-electron chi connectivity index (χ3n) is 3.31. The number of aromatic nitrogens is 1. The van der Waals surface area contributed by atoms with Gasteiger partial charge in [-0.3, -0.25) is 9.59 Å². The maximum absolute atomic E-state index is 12.1. The van der Waals surface area contributed by atoms with Crippen LogP contribution in [-0.2, 0) is 4.79 Å². The van der Waals surface area contributed by atoms with Crippen LogP contribution in [0, 0.1) is 0 Å². The molecule has 0 atom stereocenters. The molecule has 0 spiro atoms. The van der Waals surface area contributed by atoms with Crippen molar-refractivity contribution in [3.05, 3.63) is 35.3 Å². The zero-order valence-electron chi connectivity index (χ0n) is 14.3. The minimum atomic E-state index is -0.819. The Balaban J connectivity index is 1.88. The van der Waals surface area contributed by atoms with Gasteiger partial charge in [-0.05, 0) is 51.0 Å². The van der Waals surface area contributed by atoms with Gasteiger partial charge in [-0.2, -0.15) is 0 Å².